The van der Waals surface area contributed by atoms with E-state index in [1.54, 1.807) is 24.3 Å². The summed E-state index contributed by atoms with van der Waals surface area (Å²) in [5, 5.41) is 17.1. The first kappa shape index (κ1) is 12.8. The Kier molecular flexibility index (Phi) is 3.86. The summed E-state index contributed by atoms with van der Waals surface area (Å²) in [4.78, 5) is 0. The molecule has 0 spiro atoms. The number of benzene rings is 1. The Morgan fingerprint density at radius 3 is 2.18 bits per heavy atom. The van der Waals surface area contributed by atoms with Crippen molar-refractivity contribution in [2.75, 3.05) is 6.26 Å². The van der Waals surface area contributed by atoms with Crippen LogP contribution >= 0.6 is 0 Å². The normalized spacial score (nSPS) is 9.82. The molecule has 1 rings (SSSR count). The third kappa shape index (κ3) is 4.37. The molecule has 1 aromatic rings. The average molecular weight is 248 g/mol. The van der Waals surface area contributed by atoms with Crippen LogP contribution < -0.4 is 4.18 Å². The first-order chi connectivity index (χ1) is 7.94. The third-order valence-corrected chi connectivity index (χ3v) is 2.17. The van der Waals surface area contributed by atoms with Crippen LogP contribution in [0.3, 0.4) is 0 Å². The van der Waals surface area contributed by atoms with Crippen LogP contribution in [-0.4, -0.2) is 14.7 Å². The fourth-order valence-electron chi connectivity index (χ4n) is 1.05. The van der Waals surface area contributed by atoms with E-state index >= 15 is 0 Å². The van der Waals surface area contributed by atoms with E-state index in [1.807, 2.05) is 0 Å². The van der Waals surface area contributed by atoms with Crippen molar-refractivity contribution in [3.8, 4) is 17.9 Å². The van der Waals surface area contributed by atoms with Gasteiger partial charge in [-0.3, -0.25) is 0 Å². The topological polar surface area (TPSA) is 90.9 Å². The highest BCUT2D eigenvalue weighted by molar-refractivity contribution is 7.86. The number of allylic oxidation sites excluding steroid dienone is 1. The molecule has 0 fully saturated rings. The largest absolute Gasteiger partial charge is 0.383 e. The smallest absolute Gasteiger partial charge is 0.306 e. The van der Waals surface area contributed by atoms with Gasteiger partial charge in [0.2, 0.25) is 0 Å². The van der Waals surface area contributed by atoms with Crippen LogP contribution in [0.25, 0.3) is 6.08 Å². The van der Waals surface area contributed by atoms with Gasteiger partial charge in [0.15, 0.2) is 0 Å². The molecule has 0 amide bonds. The Labute approximate surface area is 99.3 Å². The second kappa shape index (κ2) is 5.15. The highest BCUT2D eigenvalue weighted by Crippen LogP contribution is 2.15. The van der Waals surface area contributed by atoms with Gasteiger partial charge in [0.05, 0.1) is 6.26 Å². The standard InChI is InChI=1S/C11H8N2O3S/c1-17(14,15)16-11-4-2-9(3-5-11)6-10(7-12)8-13/h2-6H,1H3. The molecular weight excluding hydrogens is 240 g/mol. The van der Waals surface area contributed by atoms with E-state index in [2.05, 4.69) is 4.18 Å². The number of hydrogen-bond acceptors (Lipinski definition) is 5. The van der Waals surface area contributed by atoms with Crippen molar-refractivity contribution in [3.63, 3.8) is 0 Å². The van der Waals surface area contributed by atoms with Crippen LogP contribution in [0, 0.1) is 22.7 Å². The lowest BCUT2D eigenvalue weighted by Gasteiger charge is -2.02. The number of nitrogens with zero attached hydrogens (tertiary/aromatic N) is 2. The number of rotatable bonds is 3. The molecule has 0 saturated carbocycles. The van der Waals surface area contributed by atoms with E-state index in [9.17, 15) is 8.42 Å². The zero-order chi connectivity index (χ0) is 12.9. The molecule has 0 heterocycles. The Balaban J connectivity index is 2.95. The van der Waals surface area contributed by atoms with E-state index in [0.29, 0.717) is 5.56 Å². The lowest BCUT2D eigenvalue weighted by molar-refractivity contribution is 0.493. The number of hydrogen-bond donors (Lipinski definition) is 0. The van der Waals surface area contributed by atoms with Gasteiger partial charge in [0.1, 0.15) is 23.5 Å². The van der Waals surface area contributed by atoms with Gasteiger partial charge in [-0.1, -0.05) is 12.1 Å². The molecule has 0 bridgehead atoms. The summed E-state index contributed by atoms with van der Waals surface area (Å²) in [6.07, 6.45) is 2.34. The van der Waals surface area contributed by atoms with Crippen LogP contribution in [0.4, 0.5) is 0 Å². The van der Waals surface area contributed by atoms with Gasteiger partial charge in [-0.2, -0.15) is 18.9 Å². The minimum Gasteiger partial charge on any atom is -0.383 e. The Hall–Kier alpha value is -2.31. The molecular formula is C11H8N2O3S. The highest BCUT2D eigenvalue weighted by atomic mass is 32.2. The predicted octanol–water partition coefficient (Wildman–Crippen LogP) is 1.46. The summed E-state index contributed by atoms with van der Waals surface area (Å²) in [7, 11) is -3.54. The fraction of sp³-hybridized carbons (Fsp3) is 0.0909. The fourth-order valence-corrected chi connectivity index (χ4v) is 1.51. The SMILES string of the molecule is CS(=O)(=O)Oc1ccc(C=C(C#N)C#N)cc1. The third-order valence-electron chi connectivity index (χ3n) is 1.68. The van der Waals surface area contributed by atoms with Gasteiger partial charge in [-0.15, -0.1) is 0 Å². The van der Waals surface area contributed by atoms with Gasteiger partial charge < -0.3 is 4.18 Å². The molecule has 5 nitrogen and oxygen atoms in total. The Bertz CT molecular complexity index is 600. The van der Waals surface area contributed by atoms with Crippen molar-refractivity contribution in [3.05, 3.63) is 35.4 Å². The number of nitriles is 2. The van der Waals surface area contributed by atoms with E-state index in [-0.39, 0.29) is 11.3 Å². The van der Waals surface area contributed by atoms with Gasteiger partial charge in [0, 0.05) is 0 Å². The predicted molar refractivity (Wildman–Crippen MR) is 61.1 cm³/mol. The van der Waals surface area contributed by atoms with Crippen LogP contribution in [0.1, 0.15) is 5.56 Å². The molecule has 6 heteroatoms. The van der Waals surface area contributed by atoms with Crippen molar-refractivity contribution in [2.45, 2.75) is 0 Å². The molecule has 0 aromatic heterocycles. The molecule has 17 heavy (non-hydrogen) atoms. The van der Waals surface area contributed by atoms with Gasteiger partial charge in [-0.25, -0.2) is 0 Å². The summed E-state index contributed by atoms with van der Waals surface area (Å²) < 4.78 is 26.3. The van der Waals surface area contributed by atoms with Crippen LogP contribution in [-0.2, 0) is 10.1 Å². The second-order valence-electron chi connectivity index (χ2n) is 3.14. The molecule has 86 valence electrons. The first-order valence-electron chi connectivity index (χ1n) is 4.46. The molecule has 0 aliphatic heterocycles. The van der Waals surface area contributed by atoms with Crippen molar-refractivity contribution >= 4 is 16.2 Å². The van der Waals surface area contributed by atoms with Crippen LogP contribution in [0.5, 0.6) is 5.75 Å². The van der Waals surface area contributed by atoms with E-state index in [4.69, 9.17) is 10.5 Å². The Morgan fingerprint density at radius 1 is 1.24 bits per heavy atom. The van der Waals surface area contributed by atoms with E-state index < -0.39 is 10.1 Å². The maximum atomic E-state index is 10.8. The summed E-state index contributed by atoms with van der Waals surface area (Å²) in [6.45, 7) is 0. The molecule has 0 aliphatic rings. The van der Waals surface area contributed by atoms with Gasteiger partial charge >= 0.3 is 10.1 Å². The highest BCUT2D eigenvalue weighted by Gasteiger charge is 2.03. The average Bonchev–Trinajstić information content (AvgIpc) is 2.26. The summed E-state index contributed by atoms with van der Waals surface area (Å²) >= 11 is 0. The summed E-state index contributed by atoms with van der Waals surface area (Å²) in [5.74, 6) is 0.181. The zero-order valence-electron chi connectivity index (χ0n) is 8.91. The minimum atomic E-state index is -3.54. The summed E-state index contributed by atoms with van der Waals surface area (Å²) in [5.41, 5.74) is 0.589. The lowest BCUT2D eigenvalue weighted by Crippen LogP contribution is -2.05. The second-order valence-corrected chi connectivity index (χ2v) is 4.71. The van der Waals surface area contributed by atoms with E-state index in [0.717, 1.165) is 6.26 Å². The van der Waals surface area contributed by atoms with Crippen LogP contribution in [0.2, 0.25) is 0 Å². The van der Waals surface area contributed by atoms with Crippen molar-refractivity contribution in [2.24, 2.45) is 0 Å². The molecule has 0 saturated heterocycles. The van der Waals surface area contributed by atoms with Crippen molar-refractivity contribution < 1.29 is 12.6 Å². The quantitative estimate of drug-likeness (QED) is 0.596. The van der Waals surface area contributed by atoms with Crippen LogP contribution in [0.15, 0.2) is 29.8 Å². The molecule has 1 aromatic carbocycles. The monoisotopic (exact) mass is 248 g/mol. The molecule has 0 unspecified atom stereocenters. The maximum Gasteiger partial charge on any atom is 0.306 e. The zero-order valence-corrected chi connectivity index (χ0v) is 9.73. The molecule has 0 aliphatic carbocycles. The molecule has 0 radical (unpaired) electrons. The molecule has 0 N–H and O–H groups in total. The summed E-state index contributed by atoms with van der Waals surface area (Å²) in [6, 6.07) is 9.44. The van der Waals surface area contributed by atoms with Gasteiger partial charge in [-0.05, 0) is 23.8 Å². The molecule has 0 atom stereocenters. The van der Waals surface area contributed by atoms with Crippen molar-refractivity contribution in [1.29, 1.82) is 10.5 Å². The van der Waals surface area contributed by atoms with Crippen molar-refractivity contribution in [1.82, 2.24) is 0 Å². The minimum absolute atomic E-state index is 0.0261. The lowest BCUT2D eigenvalue weighted by atomic mass is 10.1. The van der Waals surface area contributed by atoms with E-state index in [1.165, 1.54) is 18.2 Å². The van der Waals surface area contributed by atoms with Gasteiger partial charge in [0.25, 0.3) is 0 Å². The first-order valence-corrected chi connectivity index (χ1v) is 6.27. The maximum absolute atomic E-state index is 10.8. The Morgan fingerprint density at radius 2 is 1.76 bits per heavy atom.